The van der Waals surface area contributed by atoms with Gasteiger partial charge in [0.15, 0.2) is 0 Å². The fourth-order valence-electron chi connectivity index (χ4n) is 1.86. The summed E-state index contributed by atoms with van der Waals surface area (Å²) in [7, 11) is 0. The molecule has 4 heteroatoms. The van der Waals surface area contributed by atoms with Crippen LogP contribution in [0.4, 0.5) is 0 Å². The van der Waals surface area contributed by atoms with Gasteiger partial charge in [-0.2, -0.15) is 0 Å². The van der Waals surface area contributed by atoms with E-state index in [0.29, 0.717) is 17.5 Å². The van der Waals surface area contributed by atoms with Gasteiger partial charge in [0, 0.05) is 6.42 Å². The van der Waals surface area contributed by atoms with Crippen molar-refractivity contribution in [2.45, 2.75) is 26.1 Å². The summed E-state index contributed by atoms with van der Waals surface area (Å²) in [6.45, 7) is 1.65. The number of aliphatic hydroxyl groups excluding tert-OH is 1. The molecule has 0 saturated heterocycles. The van der Waals surface area contributed by atoms with Crippen LogP contribution in [0.3, 0.4) is 0 Å². The molecule has 0 radical (unpaired) electrons. The summed E-state index contributed by atoms with van der Waals surface area (Å²) < 4.78 is 5.01. The Kier molecular flexibility index (Phi) is 2.36. The minimum absolute atomic E-state index is 0.0842. The average molecular weight is 208 g/mol. The van der Waals surface area contributed by atoms with Crippen molar-refractivity contribution in [1.82, 2.24) is 0 Å². The lowest BCUT2D eigenvalue weighted by atomic mass is 9.93. The van der Waals surface area contributed by atoms with Crippen LogP contribution in [0.2, 0.25) is 0 Å². The zero-order chi connectivity index (χ0) is 11.0. The van der Waals surface area contributed by atoms with Crippen LogP contribution in [0.5, 0.6) is 5.75 Å². The Morgan fingerprint density at radius 3 is 2.93 bits per heavy atom. The molecule has 0 bridgehead atoms. The molecule has 4 nitrogen and oxygen atoms in total. The number of aliphatic hydroxyl groups is 1. The summed E-state index contributed by atoms with van der Waals surface area (Å²) in [5.41, 5.74) is 1.56. The highest BCUT2D eigenvalue weighted by Gasteiger charge is 2.28. The number of cyclic esters (lactones) is 1. The van der Waals surface area contributed by atoms with E-state index in [-0.39, 0.29) is 24.0 Å². The maximum absolute atomic E-state index is 11.5. The van der Waals surface area contributed by atoms with Gasteiger partial charge in [-0.1, -0.05) is 6.07 Å². The van der Waals surface area contributed by atoms with Crippen molar-refractivity contribution in [3.05, 3.63) is 28.8 Å². The van der Waals surface area contributed by atoms with Crippen molar-refractivity contribution in [3.63, 3.8) is 0 Å². The zero-order valence-electron chi connectivity index (χ0n) is 8.36. The van der Waals surface area contributed by atoms with Gasteiger partial charge in [0.05, 0.1) is 6.61 Å². The van der Waals surface area contributed by atoms with Crippen LogP contribution in [-0.4, -0.2) is 22.3 Å². The molecule has 15 heavy (non-hydrogen) atoms. The van der Waals surface area contributed by atoms with Crippen molar-refractivity contribution in [3.8, 4) is 5.75 Å². The lowest BCUT2D eigenvalue weighted by molar-refractivity contribution is 0.0295. The van der Waals surface area contributed by atoms with E-state index in [9.17, 15) is 9.90 Å². The molecule has 2 rings (SSSR count). The van der Waals surface area contributed by atoms with Crippen molar-refractivity contribution in [2.24, 2.45) is 0 Å². The summed E-state index contributed by atoms with van der Waals surface area (Å²) in [6.07, 6.45) is 0.322. The van der Waals surface area contributed by atoms with Crippen LogP contribution in [0.25, 0.3) is 0 Å². The monoisotopic (exact) mass is 208 g/mol. The molecule has 0 saturated carbocycles. The fourth-order valence-corrected chi connectivity index (χ4v) is 1.86. The molecule has 0 aliphatic carbocycles. The highest BCUT2D eigenvalue weighted by molar-refractivity contribution is 5.95. The highest BCUT2D eigenvalue weighted by atomic mass is 16.5. The largest absolute Gasteiger partial charge is 0.507 e. The molecule has 1 aliphatic heterocycles. The van der Waals surface area contributed by atoms with Gasteiger partial charge in [-0.15, -0.1) is 0 Å². The second-order valence-electron chi connectivity index (χ2n) is 3.68. The predicted molar refractivity (Wildman–Crippen MR) is 52.6 cm³/mol. The Hall–Kier alpha value is -1.55. The van der Waals surface area contributed by atoms with Gasteiger partial charge in [-0.25, -0.2) is 4.79 Å². The van der Waals surface area contributed by atoms with Crippen LogP contribution < -0.4 is 0 Å². The Morgan fingerprint density at radius 2 is 2.27 bits per heavy atom. The van der Waals surface area contributed by atoms with E-state index in [0.717, 1.165) is 0 Å². The van der Waals surface area contributed by atoms with E-state index in [1.165, 1.54) is 6.07 Å². The first-order valence-electron chi connectivity index (χ1n) is 4.79. The maximum atomic E-state index is 11.5. The van der Waals surface area contributed by atoms with E-state index in [1.807, 2.05) is 0 Å². The summed E-state index contributed by atoms with van der Waals surface area (Å²) in [4.78, 5) is 11.5. The lowest BCUT2D eigenvalue weighted by Gasteiger charge is -2.24. The number of phenolic OH excluding ortho intramolecular Hbond substituents is 1. The molecule has 0 fully saturated rings. The summed E-state index contributed by atoms with van der Waals surface area (Å²) in [5, 5.41) is 18.7. The van der Waals surface area contributed by atoms with Gasteiger partial charge in [0.1, 0.15) is 17.4 Å². The summed E-state index contributed by atoms with van der Waals surface area (Å²) >= 11 is 0. The molecule has 0 aromatic heterocycles. The SMILES string of the molecule is CC1Cc2c(CO)ccc(O)c2C(=O)O1. The van der Waals surface area contributed by atoms with Crippen molar-refractivity contribution in [1.29, 1.82) is 0 Å². The Labute approximate surface area is 87.1 Å². The normalized spacial score (nSPS) is 19.6. The summed E-state index contributed by atoms with van der Waals surface area (Å²) in [6, 6.07) is 3.03. The Morgan fingerprint density at radius 1 is 1.53 bits per heavy atom. The van der Waals surface area contributed by atoms with Crippen molar-refractivity contribution >= 4 is 5.97 Å². The molecule has 1 atom stereocenters. The average Bonchev–Trinajstić information content (AvgIpc) is 2.17. The third kappa shape index (κ3) is 1.57. The van der Waals surface area contributed by atoms with E-state index in [2.05, 4.69) is 0 Å². The molecule has 1 aromatic carbocycles. The quantitative estimate of drug-likeness (QED) is 0.675. The molecule has 1 unspecified atom stereocenters. The number of hydrogen-bond donors (Lipinski definition) is 2. The topological polar surface area (TPSA) is 66.8 Å². The molecule has 1 aromatic rings. The third-order valence-corrected chi connectivity index (χ3v) is 2.56. The van der Waals surface area contributed by atoms with Gasteiger partial charge in [-0.3, -0.25) is 0 Å². The van der Waals surface area contributed by atoms with E-state index >= 15 is 0 Å². The van der Waals surface area contributed by atoms with Gasteiger partial charge >= 0.3 is 5.97 Å². The van der Waals surface area contributed by atoms with Gasteiger partial charge < -0.3 is 14.9 Å². The number of phenols is 1. The lowest BCUT2D eigenvalue weighted by Crippen LogP contribution is -2.26. The summed E-state index contributed by atoms with van der Waals surface area (Å²) in [5.74, 6) is -0.601. The first-order valence-corrected chi connectivity index (χ1v) is 4.79. The standard InChI is InChI=1S/C11H12O4/c1-6-4-8-7(5-12)2-3-9(13)10(8)11(14)15-6/h2-3,6,12-13H,4-5H2,1H3. The molecule has 1 heterocycles. The smallest absolute Gasteiger partial charge is 0.342 e. The number of carbonyl (C=O) groups is 1. The number of carbonyl (C=O) groups excluding carboxylic acids is 1. The molecule has 1 aliphatic rings. The molecular weight excluding hydrogens is 196 g/mol. The Bertz CT molecular complexity index is 411. The number of ether oxygens (including phenoxy) is 1. The number of hydrogen-bond acceptors (Lipinski definition) is 4. The number of benzene rings is 1. The number of fused-ring (bicyclic) bond motifs is 1. The van der Waals surface area contributed by atoms with E-state index in [1.54, 1.807) is 13.0 Å². The van der Waals surface area contributed by atoms with Crippen LogP contribution in [-0.2, 0) is 17.8 Å². The van der Waals surface area contributed by atoms with Crippen molar-refractivity contribution in [2.75, 3.05) is 0 Å². The third-order valence-electron chi connectivity index (χ3n) is 2.56. The molecular formula is C11H12O4. The fraction of sp³-hybridized carbons (Fsp3) is 0.364. The molecule has 0 amide bonds. The molecule has 80 valence electrons. The minimum Gasteiger partial charge on any atom is -0.507 e. The maximum Gasteiger partial charge on any atom is 0.342 e. The highest BCUT2D eigenvalue weighted by Crippen LogP contribution is 2.30. The van der Waals surface area contributed by atoms with Crippen LogP contribution in [0, 0.1) is 0 Å². The minimum atomic E-state index is -0.517. The van der Waals surface area contributed by atoms with E-state index < -0.39 is 5.97 Å². The molecule has 0 spiro atoms. The van der Waals surface area contributed by atoms with Crippen LogP contribution in [0.1, 0.15) is 28.4 Å². The van der Waals surface area contributed by atoms with E-state index in [4.69, 9.17) is 9.84 Å². The van der Waals surface area contributed by atoms with Gasteiger partial charge in [0.2, 0.25) is 0 Å². The molecule has 2 N–H and O–H groups in total. The Balaban J connectivity index is 2.61. The first-order chi connectivity index (χ1) is 7.13. The number of aromatic hydroxyl groups is 1. The number of rotatable bonds is 1. The van der Waals surface area contributed by atoms with Crippen LogP contribution in [0.15, 0.2) is 12.1 Å². The first kappa shape index (κ1) is 9.98. The second-order valence-corrected chi connectivity index (χ2v) is 3.68. The van der Waals surface area contributed by atoms with Gasteiger partial charge in [-0.05, 0) is 24.1 Å². The number of esters is 1. The van der Waals surface area contributed by atoms with Crippen LogP contribution >= 0.6 is 0 Å². The predicted octanol–water partition coefficient (Wildman–Crippen LogP) is 0.986. The van der Waals surface area contributed by atoms with Crippen molar-refractivity contribution < 1.29 is 19.7 Å². The second kappa shape index (κ2) is 3.55. The van der Waals surface area contributed by atoms with Gasteiger partial charge in [0.25, 0.3) is 0 Å². The zero-order valence-corrected chi connectivity index (χ0v) is 8.36.